The molecule has 1 unspecified atom stereocenters. The Kier molecular flexibility index (Phi) is 9.68. The Labute approximate surface area is 131 Å². The molecule has 0 spiro atoms. The highest BCUT2D eigenvalue weighted by Crippen LogP contribution is 2.15. The molecule has 1 amide bonds. The van der Waals surface area contributed by atoms with E-state index in [1.807, 2.05) is 0 Å². The molecule has 21 heavy (non-hydrogen) atoms. The molecule has 0 saturated carbocycles. The summed E-state index contributed by atoms with van der Waals surface area (Å²) in [5.74, 6) is 0.946. The van der Waals surface area contributed by atoms with E-state index in [1.165, 1.54) is 25.7 Å². The van der Waals surface area contributed by atoms with E-state index >= 15 is 0 Å². The first-order valence-corrected chi connectivity index (χ1v) is 8.91. The van der Waals surface area contributed by atoms with Crippen molar-refractivity contribution in [2.24, 2.45) is 5.92 Å². The van der Waals surface area contributed by atoms with Crippen molar-refractivity contribution >= 4 is 5.91 Å². The topological polar surface area (TPSA) is 44.4 Å². The zero-order valence-electron chi connectivity index (χ0n) is 14.3. The summed E-state index contributed by atoms with van der Waals surface area (Å²) in [7, 11) is 0. The maximum atomic E-state index is 12.3. The molecular formula is C17H35N3O. The van der Waals surface area contributed by atoms with Crippen LogP contribution < -0.4 is 10.6 Å². The van der Waals surface area contributed by atoms with Crippen molar-refractivity contribution < 1.29 is 4.79 Å². The lowest BCUT2D eigenvalue weighted by Gasteiger charge is -2.33. The van der Waals surface area contributed by atoms with Crippen LogP contribution in [0.25, 0.3) is 0 Å². The molecule has 124 valence electrons. The predicted octanol–water partition coefficient (Wildman–Crippen LogP) is 2.39. The Hall–Kier alpha value is -0.610. The van der Waals surface area contributed by atoms with Crippen molar-refractivity contribution in [1.29, 1.82) is 0 Å². The van der Waals surface area contributed by atoms with E-state index in [9.17, 15) is 4.79 Å². The minimum atomic E-state index is 0.00135. The van der Waals surface area contributed by atoms with Gasteiger partial charge in [-0.15, -0.1) is 0 Å². The molecule has 1 atom stereocenters. The molecule has 0 aromatic carbocycles. The first-order valence-electron chi connectivity index (χ1n) is 8.91. The first-order chi connectivity index (χ1) is 10.2. The average Bonchev–Trinajstić information content (AvgIpc) is 2.51. The SMILES string of the molecule is CCCCCNC(=O)C(C)N(CCC)CC1CCNCC1. The van der Waals surface area contributed by atoms with Crippen LogP contribution in [0, 0.1) is 5.92 Å². The van der Waals surface area contributed by atoms with E-state index in [0.717, 1.165) is 51.5 Å². The lowest BCUT2D eigenvalue weighted by atomic mass is 9.97. The van der Waals surface area contributed by atoms with Gasteiger partial charge >= 0.3 is 0 Å². The molecule has 1 aliphatic rings. The molecule has 1 saturated heterocycles. The lowest BCUT2D eigenvalue weighted by Crippen LogP contribution is -2.48. The van der Waals surface area contributed by atoms with Gasteiger partial charge in [-0.2, -0.15) is 0 Å². The number of piperidine rings is 1. The molecule has 0 bridgehead atoms. The zero-order chi connectivity index (χ0) is 15.5. The number of hydrogen-bond donors (Lipinski definition) is 2. The van der Waals surface area contributed by atoms with E-state index in [-0.39, 0.29) is 11.9 Å². The summed E-state index contributed by atoms with van der Waals surface area (Å²) in [5, 5.41) is 6.51. The number of amides is 1. The summed E-state index contributed by atoms with van der Waals surface area (Å²) in [6.45, 7) is 11.6. The van der Waals surface area contributed by atoms with Gasteiger partial charge < -0.3 is 10.6 Å². The number of unbranched alkanes of at least 4 members (excludes halogenated alkanes) is 2. The quantitative estimate of drug-likeness (QED) is 0.609. The van der Waals surface area contributed by atoms with Crippen LogP contribution in [0.1, 0.15) is 59.3 Å². The fourth-order valence-electron chi connectivity index (χ4n) is 3.03. The van der Waals surface area contributed by atoms with Gasteiger partial charge in [-0.1, -0.05) is 26.7 Å². The van der Waals surface area contributed by atoms with Crippen molar-refractivity contribution in [2.75, 3.05) is 32.7 Å². The van der Waals surface area contributed by atoms with Crippen LogP contribution in [-0.2, 0) is 4.79 Å². The van der Waals surface area contributed by atoms with Gasteiger partial charge in [0.1, 0.15) is 0 Å². The summed E-state index contributed by atoms with van der Waals surface area (Å²) >= 11 is 0. The Morgan fingerprint density at radius 2 is 1.95 bits per heavy atom. The fraction of sp³-hybridized carbons (Fsp3) is 0.941. The minimum Gasteiger partial charge on any atom is -0.355 e. The van der Waals surface area contributed by atoms with E-state index in [2.05, 4.69) is 36.3 Å². The third kappa shape index (κ3) is 7.28. The highest BCUT2D eigenvalue weighted by molar-refractivity contribution is 5.81. The number of hydrogen-bond acceptors (Lipinski definition) is 3. The van der Waals surface area contributed by atoms with Crippen LogP contribution in [0.5, 0.6) is 0 Å². The third-order valence-corrected chi connectivity index (χ3v) is 4.47. The van der Waals surface area contributed by atoms with Gasteiger partial charge in [-0.3, -0.25) is 9.69 Å². The van der Waals surface area contributed by atoms with Crippen LogP contribution in [0.4, 0.5) is 0 Å². The van der Waals surface area contributed by atoms with Gasteiger partial charge in [0, 0.05) is 13.1 Å². The molecule has 0 aromatic heterocycles. The maximum absolute atomic E-state index is 12.3. The smallest absolute Gasteiger partial charge is 0.237 e. The second-order valence-corrected chi connectivity index (χ2v) is 6.36. The maximum Gasteiger partial charge on any atom is 0.237 e. The van der Waals surface area contributed by atoms with Crippen LogP contribution in [-0.4, -0.2) is 49.6 Å². The zero-order valence-corrected chi connectivity index (χ0v) is 14.3. The van der Waals surface area contributed by atoms with Crippen LogP contribution in [0.15, 0.2) is 0 Å². The second-order valence-electron chi connectivity index (χ2n) is 6.36. The Balaban J connectivity index is 2.39. The third-order valence-electron chi connectivity index (χ3n) is 4.47. The van der Waals surface area contributed by atoms with E-state index in [1.54, 1.807) is 0 Å². The monoisotopic (exact) mass is 297 g/mol. The van der Waals surface area contributed by atoms with E-state index < -0.39 is 0 Å². The van der Waals surface area contributed by atoms with Gasteiger partial charge in [0.15, 0.2) is 0 Å². The highest BCUT2D eigenvalue weighted by atomic mass is 16.2. The Morgan fingerprint density at radius 3 is 2.57 bits per heavy atom. The standard InChI is InChI=1S/C17H35N3O/c1-4-6-7-10-19-17(21)15(3)20(13-5-2)14-16-8-11-18-12-9-16/h15-16,18H,4-14H2,1-3H3,(H,19,21). The minimum absolute atomic E-state index is 0.00135. The normalized spacial score (nSPS) is 17.9. The van der Waals surface area contributed by atoms with Crippen LogP contribution in [0.3, 0.4) is 0 Å². The molecule has 1 heterocycles. The van der Waals surface area contributed by atoms with Gasteiger partial charge in [-0.05, 0) is 58.2 Å². The number of carbonyl (C=O) groups excluding carboxylic acids is 1. The highest BCUT2D eigenvalue weighted by Gasteiger charge is 2.24. The van der Waals surface area contributed by atoms with E-state index in [0.29, 0.717) is 0 Å². The fourth-order valence-corrected chi connectivity index (χ4v) is 3.03. The van der Waals surface area contributed by atoms with Gasteiger partial charge in [0.2, 0.25) is 5.91 Å². The van der Waals surface area contributed by atoms with Crippen molar-refractivity contribution in [3.63, 3.8) is 0 Å². The lowest BCUT2D eigenvalue weighted by molar-refractivity contribution is -0.126. The molecular weight excluding hydrogens is 262 g/mol. The molecule has 4 heteroatoms. The summed E-state index contributed by atoms with van der Waals surface area (Å²) < 4.78 is 0. The predicted molar refractivity (Wildman–Crippen MR) is 89.5 cm³/mol. The summed E-state index contributed by atoms with van der Waals surface area (Å²) in [6, 6.07) is 0.00135. The Morgan fingerprint density at radius 1 is 1.24 bits per heavy atom. The molecule has 1 aliphatic heterocycles. The number of nitrogens with one attached hydrogen (secondary N) is 2. The molecule has 0 aliphatic carbocycles. The van der Waals surface area contributed by atoms with Crippen molar-refractivity contribution in [3.05, 3.63) is 0 Å². The summed E-state index contributed by atoms with van der Waals surface area (Å²) in [5.41, 5.74) is 0. The van der Waals surface area contributed by atoms with Gasteiger partial charge in [-0.25, -0.2) is 0 Å². The molecule has 2 N–H and O–H groups in total. The van der Waals surface area contributed by atoms with Gasteiger partial charge in [0.25, 0.3) is 0 Å². The second kappa shape index (κ2) is 11.0. The molecule has 1 fully saturated rings. The average molecular weight is 297 g/mol. The summed E-state index contributed by atoms with van der Waals surface area (Å²) in [6.07, 6.45) is 7.08. The number of nitrogens with zero attached hydrogens (tertiary/aromatic N) is 1. The van der Waals surface area contributed by atoms with Crippen molar-refractivity contribution in [2.45, 2.75) is 65.3 Å². The molecule has 1 rings (SSSR count). The number of rotatable bonds is 10. The van der Waals surface area contributed by atoms with Crippen LogP contribution in [0.2, 0.25) is 0 Å². The van der Waals surface area contributed by atoms with Crippen molar-refractivity contribution in [3.8, 4) is 0 Å². The summed E-state index contributed by atoms with van der Waals surface area (Å²) in [4.78, 5) is 14.7. The number of carbonyl (C=O) groups is 1. The largest absolute Gasteiger partial charge is 0.355 e. The van der Waals surface area contributed by atoms with Crippen molar-refractivity contribution in [1.82, 2.24) is 15.5 Å². The van der Waals surface area contributed by atoms with Gasteiger partial charge in [0.05, 0.1) is 6.04 Å². The van der Waals surface area contributed by atoms with Crippen LogP contribution >= 0.6 is 0 Å². The molecule has 0 radical (unpaired) electrons. The Bertz CT molecular complexity index is 277. The molecule has 0 aromatic rings. The molecule has 4 nitrogen and oxygen atoms in total. The first kappa shape index (κ1) is 18.4. The van der Waals surface area contributed by atoms with E-state index in [4.69, 9.17) is 0 Å².